The van der Waals surface area contributed by atoms with Crippen LogP contribution < -0.4 is 5.32 Å². The Morgan fingerprint density at radius 2 is 2.12 bits per heavy atom. The van der Waals surface area contributed by atoms with E-state index in [1.165, 1.54) is 0 Å². The molecule has 0 aromatic carbocycles. The van der Waals surface area contributed by atoms with E-state index in [0.29, 0.717) is 5.75 Å². The number of hydrogen-bond acceptors (Lipinski definition) is 4. The van der Waals surface area contributed by atoms with Crippen LogP contribution in [-0.2, 0) is 9.59 Å². The third-order valence-corrected chi connectivity index (χ3v) is 2.94. The summed E-state index contributed by atoms with van der Waals surface area (Å²) in [5.74, 6) is -0.0181. The Hall–Kier alpha value is -0.750. The van der Waals surface area contributed by atoms with Gasteiger partial charge in [-0.25, -0.2) is 4.79 Å². The van der Waals surface area contributed by atoms with E-state index < -0.39 is 12.1 Å². The number of nitrogens with one attached hydrogen (secondary N) is 1. The molecule has 0 rings (SSSR count). The monoisotopic (exact) mass is 249 g/mol. The molecular weight excluding hydrogens is 230 g/mol. The van der Waals surface area contributed by atoms with Gasteiger partial charge in [-0.2, -0.15) is 11.8 Å². The van der Waals surface area contributed by atoms with Gasteiger partial charge in [-0.1, -0.05) is 13.3 Å². The molecule has 16 heavy (non-hydrogen) atoms. The van der Waals surface area contributed by atoms with E-state index in [0.717, 1.165) is 18.6 Å². The fourth-order valence-electron chi connectivity index (χ4n) is 0.934. The van der Waals surface area contributed by atoms with Crippen molar-refractivity contribution in [2.75, 3.05) is 18.1 Å². The minimum Gasteiger partial charge on any atom is -0.479 e. The molecule has 0 aliphatic heterocycles. The molecule has 0 aromatic rings. The largest absolute Gasteiger partial charge is 0.479 e. The van der Waals surface area contributed by atoms with Gasteiger partial charge in [0, 0.05) is 13.0 Å². The number of carbonyl (C=O) groups is 2. The lowest BCUT2D eigenvalue weighted by atomic mass is 10.2. The van der Waals surface area contributed by atoms with Gasteiger partial charge >= 0.3 is 5.97 Å². The SMILES string of the molecule is CCCCSCC(=O)NCCC(O)C(=O)O. The average molecular weight is 249 g/mol. The second kappa shape index (κ2) is 9.47. The maximum absolute atomic E-state index is 11.2. The molecule has 0 aliphatic rings. The minimum atomic E-state index is -1.40. The second-order valence-electron chi connectivity index (χ2n) is 3.40. The Labute approximate surface area is 99.6 Å². The number of hydrogen-bond donors (Lipinski definition) is 3. The normalized spacial score (nSPS) is 12.1. The number of amides is 1. The first-order chi connectivity index (χ1) is 7.57. The zero-order chi connectivity index (χ0) is 12.4. The molecule has 1 amide bonds. The number of unbranched alkanes of at least 4 members (excludes halogenated alkanes) is 1. The number of aliphatic carboxylic acids is 1. The van der Waals surface area contributed by atoms with E-state index >= 15 is 0 Å². The van der Waals surface area contributed by atoms with Gasteiger partial charge in [-0.3, -0.25) is 4.79 Å². The number of carboxylic acids is 1. The van der Waals surface area contributed by atoms with Crippen molar-refractivity contribution in [3.8, 4) is 0 Å². The van der Waals surface area contributed by atoms with Gasteiger partial charge in [-0.05, 0) is 12.2 Å². The van der Waals surface area contributed by atoms with Gasteiger partial charge in [0.15, 0.2) is 6.10 Å². The standard InChI is InChI=1S/C10H19NO4S/c1-2-3-6-16-7-9(13)11-5-4-8(12)10(14)15/h8,12H,2-7H2,1H3,(H,11,13)(H,14,15). The van der Waals surface area contributed by atoms with Crippen molar-refractivity contribution in [2.24, 2.45) is 0 Å². The molecule has 1 atom stereocenters. The Kier molecular flexibility index (Phi) is 9.03. The van der Waals surface area contributed by atoms with Crippen molar-refractivity contribution < 1.29 is 19.8 Å². The van der Waals surface area contributed by atoms with Gasteiger partial charge in [0.2, 0.25) is 5.91 Å². The average Bonchev–Trinajstić information content (AvgIpc) is 2.24. The van der Waals surface area contributed by atoms with E-state index in [2.05, 4.69) is 12.2 Å². The first-order valence-electron chi connectivity index (χ1n) is 5.33. The number of rotatable bonds is 9. The van der Waals surface area contributed by atoms with E-state index in [1.54, 1.807) is 11.8 Å². The van der Waals surface area contributed by atoms with Crippen LogP contribution in [0.5, 0.6) is 0 Å². The van der Waals surface area contributed by atoms with Crippen LogP contribution in [0.3, 0.4) is 0 Å². The topological polar surface area (TPSA) is 86.6 Å². The third-order valence-electron chi connectivity index (χ3n) is 1.90. The number of aliphatic hydroxyl groups excluding tert-OH is 1. The summed E-state index contributed by atoms with van der Waals surface area (Å²) in [6.45, 7) is 2.29. The molecule has 5 nitrogen and oxygen atoms in total. The van der Waals surface area contributed by atoms with Gasteiger partial charge < -0.3 is 15.5 Å². The summed E-state index contributed by atoms with van der Waals surface area (Å²) in [5.41, 5.74) is 0. The Morgan fingerprint density at radius 1 is 1.44 bits per heavy atom. The molecule has 0 bridgehead atoms. The molecule has 3 N–H and O–H groups in total. The molecular formula is C10H19NO4S. The highest BCUT2D eigenvalue weighted by Gasteiger charge is 2.12. The van der Waals surface area contributed by atoms with Crippen molar-refractivity contribution in [2.45, 2.75) is 32.3 Å². The quantitative estimate of drug-likeness (QED) is 0.517. The van der Waals surface area contributed by atoms with E-state index in [-0.39, 0.29) is 18.9 Å². The molecule has 0 heterocycles. The summed E-state index contributed by atoms with van der Waals surface area (Å²) in [4.78, 5) is 21.4. The minimum absolute atomic E-state index is 0.0424. The highest BCUT2D eigenvalue weighted by Crippen LogP contribution is 2.03. The second-order valence-corrected chi connectivity index (χ2v) is 4.50. The summed E-state index contributed by atoms with van der Waals surface area (Å²) in [6.07, 6.45) is 0.851. The first kappa shape index (κ1) is 15.2. The van der Waals surface area contributed by atoms with Gasteiger partial charge in [0.1, 0.15) is 0 Å². The lowest BCUT2D eigenvalue weighted by molar-refractivity contribution is -0.147. The van der Waals surface area contributed by atoms with Crippen LogP contribution in [0.2, 0.25) is 0 Å². The predicted octanol–water partition coefficient (Wildman–Crippen LogP) is 0.471. The lowest BCUT2D eigenvalue weighted by Gasteiger charge is -2.07. The number of thioether (sulfide) groups is 1. The van der Waals surface area contributed by atoms with Crippen molar-refractivity contribution in [1.82, 2.24) is 5.32 Å². The van der Waals surface area contributed by atoms with Crippen molar-refractivity contribution in [3.63, 3.8) is 0 Å². The third kappa shape index (κ3) is 8.55. The summed E-state index contributed by atoms with van der Waals surface area (Å²) < 4.78 is 0. The Morgan fingerprint density at radius 3 is 2.69 bits per heavy atom. The van der Waals surface area contributed by atoms with Gasteiger partial charge in [0.25, 0.3) is 0 Å². The van der Waals surface area contributed by atoms with Crippen LogP contribution in [0.15, 0.2) is 0 Å². The van der Waals surface area contributed by atoms with Crippen molar-refractivity contribution >= 4 is 23.6 Å². The molecule has 94 valence electrons. The zero-order valence-electron chi connectivity index (χ0n) is 9.44. The molecule has 0 fully saturated rings. The smallest absolute Gasteiger partial charge is 0.332 e. The molecule has 0 saturated heterocycles. The molecule has 6 heteroatoms. The predicted molar refractivity (Wildman–Crippen MR) is 63.5 cm³/mol. The summed E-state index contributed by atoms with van der Waals surface area (Å²) >= 11 is 1.56. The number of aliphatic hydroxyl groups is 1. The van der Waals surface area contributed by atoms with Crippen LogP contribution in [0.1, 0.15) is 26.2 Å². The molecule has 1 unspecified atom stereocenters. The van der Waals surface area contributed by atoms with Crippen LogP contribution in [0.25, 0.3) is 0 Å². The molecule has 0 spiro atoms. The number of carbonyl (C=O) groups excluding carboxylic acids is 1. The van der Waals surface area contributed by atoms with E-state index in [9.17, 15) is 9.59 Å². The summed E-state index contributed by atoms with van der Waals surface area (Å²) in [5, 5.41) is 19.9. The lowest BCUT2D eigenvalue weighted by Crippen LogP contribution is -2.31. The fraction of sp³-hybridized carbons (Fsp3) is 0.800. The van der Waals surface area contributed by atoms with E-state index in [1.807, 2.05) is 0 Å². The zero-order valence-corrected chi connectivity index (χ0v) is 10.3. The van der Waals surface area contributed by atoms with Gasteiger partial charge in [-0.15, -0.1) is 0 Å². The van der Waals surface area contributed by atoms with Crippen LogP contribution in [0, 0.1) is 0 Å². The maximum Gasteiger partial charge on any atom is 0.332 e. The first-order valence-corrected chi connectivity index (χ1v) is 6.48. The molecule has 0 radical (unpaired) electrons. The van der Waals surface area contributed by atoms with E-state index in [4.69, 9.17) is 10.2 Å². The Bertz CT molecular complexity index is 223. The van der Waals surface area contributed by atoms with Crippen LogP contribution in [0.4, 0.5) is 0 Å². The molecule has 0 saturated carbocycles. The summed E-state index contributed by atoms with van der Waals surface area (Å²) in [6, 6.07) is 0. The van der Waals surface area contributed by atoms with Crippen molar-refractivity contribution in [3.05, 3.63) is 0 Å². The molecule has 0 aliphatic carbocycles. The summed E-state index contributed by atoms with van der Waals surface area (Å²) in [7, 11) is 0. The van der Waals surface area contributed by atoms with Gasteiger partial charge in [0.05, 0.1) is 5.75 Å². The van der Waals surface area contributed by atoms with Crippen molar-refractivity contribution in [1.29, 1.82) is 0 Å². The fourth-order valence-corrected chi connectivity index (χ4v) is 1.86. The number of carboxylic acid groups (broad SMARTS) is 1. The maximum atomic E-state index is 11.2. The Balaban J connectivity index is 3.40. The highest BCUT2D eigenvalue weighted by atomic mass is 32.2. The molecule has 0 aromatic heterocycles. The van der Waals surface area contributed by atoms with Crippen LogP contribution in [-0.4, -0.2) is 46.2 Å². The highest BCUT2D eigenvalue weighted by molar-refractivity contribution is 7.99. The van der Waals surface area contributed by atoms with Crippen LogP contribution >= 0.6 is 11.8 Å².